The minimum atomic E-state index is -1.55. The molecule has 184 valence electrons. The fourth-order valence-corrected chi connectivity index (χ4v) is 2.74. The van der Waals surface area contributed by atoms with E-state index in [9.17, 15) is 34.2 Å². The molecule has 5 unspecified atom stereocenters. The van der Waals surface area contributed by atoms with Crippen molar-refractivity contribution in [1.29, 1.82) is 0 Å². The highest BCUT2D eigenvalue weighted by molar-refractivity contribution is 5.96. The number of hydrogen-bond acceptors (Lipinski definition) is 8. The number of carbonyl (C=O) groups is 5. The zero-order chi connectivity index (χ0) is 25.0. The van der Waals surface area contributed by atoms with Gasteiger partial charge in [0.25, 0.3) is 0 Å². The number of nitrogens with two attached hydrogens (primary N) is 3. The molecule has 5 atom stereocenters. The van der Waals surface area contributed by atoms with E-state index in [1.54, 1.807) is 13.8 Å². The van der Waals surface area contributed by atoms with Crippen molar-refractivity contribution in [3.8, 4) is 0 Å². The average Bonchev–Trinajstić information content (AvgIpc) is 2.68. The van der Waals surface area contributed by atoms with Crippen molar-refractivity contribution in [3.63, 3.8) is 0 Å². The lowest BCUT2D eigenvalue weighted by atomic mass is 10.0. The predicted octanol–water partition coefficient (Wildman–Crippen LogP) is -3.11. The van der Waals surface area contributed by atoms with Crippen LogP contribution < -0.4 is 33.2 Å². The van der Waals surface area contributed by atoms with E-state index in [1.165, 1.54) is 6.92 Å². The van der Waals surface area contributed by atoms with E-state index in [4.69, 9.17) is 17.2 Å². The summed E-state index contributed by atoms with van der Waals surface area (Å²) in [6.07, 6.45) is -0.444. The summed E-state index contributed by atoms with van der Waals surface area (Å²) >= 11 is 0. The summed E-state index contributed by atoms with van der Waals surface area (Å²) in [6.45, 7) is 4.79. The summed E-state index contributed by atoms with van der Waals surface area (Å²) in [5, 5.41) is 26.0. The smallest absolute Gasteiger partial charge is 0.326 e. The van der Waals surface area contributed by atoms with Gasteiger partial charge in [-0.2, -0.15) is 0 Å². The fraction of sp³-hybridized carbons (Fsp3) is 0.737. The molecule has 0 spiro atoms. The van der Waals surface area contributed by atoms with Crippen LogP contribution in [0.2, 0.25) is 0 Å². The van der Waals surface area contributed by atoms with Crippen molar-refractivity contribution in [2.75, 3.05) is 6.54 Å². The molecule has 4 amide bonds. The number of unbranched alkanes of at least 4 members (excludes halogenated alkanes) is 1. The van der Waals surface area contributed by atoms with Gasteiger partial charge in [0.2, 0.25) is 23.6 Å². The molecule has 13 heteroatoms. The maximum Gasteiger partial charge on any atom is 0.326 e. The molecular weight excluding hydrogens is 424 g/mol. The molecular formula is C19H36N6O7. The van der Waals surface area contributed by atoms with Gasteiger partial charge in [-0.25, -0.2) is 4.79 Å². The Hall–Kier alpha value is -2.77. The first kappa shape index (κ1) is 29.2. The molecule has 0 aliphatic carbocycles. The molecule has 0 fully saturated rings. The number of carboxylic acids is 1. The highest BCUT2D eigenvalue weighted by Crippen LogP contribution is 2.05. The number of aliphatic hydroxyl groups is 1. The maximum atomic E-state index is 12.7. The Labute approximate surface area is 186 Å². The van der Waals surface area contributed by atoms with Gasteiger partial charge in [-0.15, -0.1) is 0 Å². The highest BCUT2D eigenvalue weighted by atomic mass is 16.4. The number of carboxylic acid groups (broad SMARTS) is 1. The molecule has 0 heterocycles. The summed E-state index contributed by atoms with van der Waals surface area (Å²) in [6, 6.07) is -5.21. The number of amides is 4. The lowest BCUT2D eigenvalue weighted by molar-refractivity contribution is -0.144. The number of nitrogens with one attached hydrogen (secondary N) is 3. The van der Waals surface area contributed by atoms with E-state index in [0.717, 1.165) is 0 Å². The largest absolute Gasteiger partial charge is 0.480 e. The summed E-state index contributed by atoms with van der Waals surface area (Å²) < 4.78 is 0. The monoisotopic (exact) mass is 460 g/mol. The third kappa shape index (κ3) is 10.5. The van der Waals surface area contributed by atoms with Crippen LogP contribution in [0.25, 0.3) is 0 Å². The standard InChI is InChI=1S/C19H36N6O7/c1-9(2)14(19(31)32)24-18(30)15(10(3)26)25-17(29)12(8-13(22)27)23-16(28)11(21)6-4-5-7-20/h9-12,14-15,26H,4-8,20-21H2,1-3H3,(H2,22,27)(H,23,28)(H,24,30)(H,25,29)(H,31,32). The molecule has 0 aromatic carbocycles. The van der Waals surface area contributed by atoms with E-state index in [2.05, 4.69) is 16.0 Å². The Morgan fingerprint density at radius 3 is 1.88 bits per heavy atom. The van der Waals surface area contributed by atoms with Crippen molar-refractivity contribution in [2.24, 2.45) is 23.1 Å². The quantitative estimate of drug-likeness (QED) is 0.115. The molecule has 0 bridgehead atoms. The maximum absolute atomic E-state index is 12.7. The number of aliphatic hydroxyl groups excluding tert-OH is 1. The molecule has 13 nitrogen and oxygen atoms in total. The number of carbonyl (C=O) groups excluding carboxylic acids is 4. The normalized spacial score (nSPS) is 15.7. The second-order valence-corrected chi connectivity index (χ2v) is 7.92. The Balaban J connectivity index is 5.35. The Bertz CT molecular complexity index is 671. The van der Waals surface area contributed by atoms with Crippen LogP contribution in [0, 0.1) is 5.92 Å². The van der Waals surface area contributed by atoms with Crippen molar-refractivity contribution < 1.29 is 34.2 Å². The topological polar surface area (TPSA) is 240 Å². The van der Waals surface area contributed by atoms with Gasteiger partial charge in [-0.3, -0.25) is 19.2 Å². The van der Waals surface area contributed by atoms with Crippen LogP contribution >= 0.6 is 0 Å². The number of hydrogen-bond donors (Lipinski definition) is 8. The third-order valence-electron chi connectivity index (χ3n) is 4.64. The van der Waals surface area contributed by atoms with Crippen molar-refractivity contribution in [2.45, 2.75) is 76.7 Å². The van der Waals surface area contributed by atoms with E-state index in [1.807, 2.05) is 0 Å². The molecule has 0 aliphatic heterocycles. The summed E-state index contributed by atoms with van der Waals surface area (Å²) in [5.41, 5.74) is 16.3. The molecule has 0 aliphatic rings. The van der Waals surface area contributed by atoms with Crippen molar-refractivity contribution in [3.05, 3.63) is 0 Å². The second-order valence-electron chi connectivity index (χ2n) is 7.92. The van der Waals surface area contributed by atoms with E-state index < -0.39 is 72.2 Å². The summed E-state index contributed by atoms with van der Waals surface area (Å²) in [7, 11) is 0. The van der Waals surface area contributed by atoms with Crippen LogP contribution in [0.4, 0.5) is 0 Å². The number of primary amides is 1. The molecule has 0 saturated carbocycles. The van der Waals surface area contributed by atoms with Crippen LogP contribution in [0.3, 0.4) is 0 Å². The summed E-state index contributed by atoms with van der Waals surface area (Å²) in [5.74, 6) is -5.27. The van der Waals surface area contributed by atoms with Crippen molar-refractivity contribution in [1.82, 2.24) is 16.0 Å². The van der Waals surface area contributed by atoms with E-state index in [0.29, 0.717) is 25.8 Å². The SMILES string of the molecule is CC(C)C(NC(=O)C(NC(=O)C(CC(N)=O)NC(=O)C(N)CCCCN)C(C)O)C(=O)O. The van der Waals surface area contributed by atoms with Gasteiger partial charge in [0, 0.05) is 0 Å². The van der Waals surface area contributed by atoms with Gasteiger partial charge in [-0.05, 0) is 32.2 Å². The molecule has 32 heavy (non-hydrogen) atoms. The zero-order valence-electron chi connectivity index (χ0n) is 18.7. The Morgan fingerprint density at radius 2 is 1.44 bits per heavy atom. The van der Waals surface area contributed by atoms with Crippen molar-refractivity contribution >= 4 is 29.6 Å². The van der Waals surface area contributed by atoms with Gasteiger partial charge in [0.15, 0.2) is 0 Å². The van der Waals surface area contributed by atoms with Gasteiger partial charge < -0.3 is 43.4 Å². The fourth-order valence-electron chi connectivity index (χ4n) is 2.74. The predicted molar refractivity (Wildman–Crippen MR) is 115 cm³/mol. The lowest BCUT2D eigenvalue weighted by Crippen LogP contribution is -2.60. The number of rotatable bonds is 15. The Morgan fingerprint density at radius 1 is 0.875 bits per heavy atom. The molecule has 11 N–H and O–H groups in total. The van der Waals surface area contributed by atoms with Gasteiger partial charge >= 0.3 is 5.97 Å². The number of aliphatic carboxylic acids is 1. The molecule has 0 aromatic heterocycles. The highest BCUT2D eigenvalue weighted by Gasteiger charge is 2.34. The van der Waals surface area contributed by atoms with Crippen LogP contribution in [0.5, 0.6) is 0 Å². The first-order valence-corrected chi connectivity index (χ1v) is 10.4. The minimum Gasteiger partial charge on any atom is -0.480 e. The molecule has 0 radical (unpaired) electrons. The minimum absolute atomic E-state index is 0.304. The third-order valence-corrected chi connectivity index (χ3v) is 4.64. The average molecular weight is 461 g/mol. The van der Waals surface area contributed by atoms with Crippen LogP contribution in [-0.4, -0.2) is 76.6 Å². The zero-order valence-corrected chi connectivity index (χ0v) is 18.7. The summed E-state index contributed by atoms with van der Waals surface area (Å²) in [4.78, 5) is 60.2. The van der Waals surface area contributed by atoms with Gasteiger partial charge in [0.1, 0.15) is 18.1 Å². The lowest BCUT2D eigenvalue weighted by Gasteiger charge is -2.27. The van der Waals surface area contributed by atoms with Crippen LogP contribution in [-0.2, 0) is 24.0 Å². The second kappa shape index (κ2) is 14.3. The van der Waals surface area contributed by atoms with Gasteiger partial charge in [-0.1, -0.05) is 20.3 Å². The van der Waals surface area contributed by atoms with Crippen LogP contribution in [0.15, 0.2) is 0 Å². The first-order valence-electron chi connectivity index (χ1n) is 10.4. The molecule has 0 aromatic rings. The molecule has 0 saturated heterocycles. The van der Waals surface area contributed by atoms with E-state index in [-0.39, 0.29) is 0 Å². The Kier molecular flexibility index (Phi) is 13.1. The van der Waals surface area contributed by atoms with Crippen LogP contribution in [0.1, 0.15) is 46.5 Å². The first-order chi connectivity index (χ1) is 14.8. The van der Waals surface area contributed by atoms with Gasteiger partial charge in [0.05, 0.1) is 18.6 Å². The van der Waals surface area contributed by atoms with E-state index >= 15 is 0 Å². The molecule has 0 rings (SSSR count).